The number of anilines is 1. The van der Waals surface area contributed by atoms with E-state index in [1.165, 1.54) is 5.56 Å². The van der Waals surface area contributed by atoms with E-state index in [0.29, 0.717) is 12.1 Å². The van der Waals surface area contributed by atoms with Crippen LogP contribution in [0.1, 0.15) is 17.2 Å². The fourth-order valence-corrected chi connectivity index (χ4v) is 2.42. The van der Waals surface area contributed by atoms with Crippen molar-refractivity contribution in [3.63, 3.8) is 0 Å². The molecule has 3 nitrogen and oxygen atoms in total. The molecule has 0 aliphatic carbocycles. The second-order valence-electron chi connectivity index (χ2n) is 4.57. The third kappa shape index (κ3) is 3.19. The molecule has 0 saturated carbocycles. The molecule has 20 heavy (non-hydrogen) atoms. The number of hydrogen-bond donors (Lipinski definition) is 1. The predicted octanol–water partition coefficient (Wildman–Crippen LogP) is 3.46. The lowest BCUT2D eigenvalue weighted by atomic mass is 10.0. The molecule has 0 radical (unpaired) electrons. The Morgan fingerprint density at radius 2 is 1.75 bits per heavy atom. The van der Waals surface area contributed by atoms with E-state index in [-0.39, 0.29) is 6.04 Å². The van der Waals surface area contributed by atoms with Gasteiger partial charge in [0.1, 0.15) is 0 Å². The van der Waals surface area contributed by atoms with Crippen LogP contribution in [0, 0.1) is 11.3 Å². The Balaban J connectivity index is 2.26. The Hall–Kier alpha value is -1.83. The molecule has 102 valence electrons. The van der Waals surface area contributed by atoms with Crippen molar-refractivity contribution in [3.8, 4) is 6.07 Å². The number of nitriles is 1. The first-order chi connectivity index (χ1) is 9.65. The van der Waals surface area contributed by atoms with Crippen molar-refractivity contribution >= 4 is 21.6 Å². The third-order valence-corrected chi connectivity index (χ3v) is 3.88. The fraction of sp³-hybridized carbons (Fsp3) is 0.188. The minimum atomic E-state index is 0.107. The standard InChI is InChI=1S/C16H16BrN3/c1-20(15-8-2-12(10-18)3-9-15)16(11-19)13-4-6-14(17)7-5-13/h2-9,16H,11,19H2,1H3. The Morgan fingerprint density at radius 1 is 1.15 bits per heavy atom. The molecule has 0 heterocycles. The van der Waals surface area contributed by atoms with Crippen LogP contribution in [0.15, 0.2) is 53.0 Å². The van der Waals surface area contributed by atoms with Gasteiger partial charge in [-0.3, -0.25) is 0 Å². The number of hydrogen-bond acceptors (Lipinski definition) is 3. The Labute approximate surface area is 127 Å². The highest BCUT2D eigenvalue weighted by Crippen LogP contribution is 2.26. The second-order valence-corrected chi connectivity index (χ2v) is 5.49. The van der Waals surface area contributed by atoms with Crippen molar-refractivity contribution in [2.24, 2.45) is 5.73 Å². The van der Waals surface area contributed by atoms with E-state index in [1.807, 2.05) is 43.4 Å². The van der Waals surface area contributed by atoms with Gasteiger partial charge in [0.05, 0.1) is 17.7 Å². The highest BCUT2D eigenvalue weighted by atomic mass is 79.9. The van der Waals surface area contributed by atoms with Crippen molar-refractivity contribution in [2.75, 3.05) is 18.5 Å². The Bertz CT molecular complexity index is 599. The molecule has 2 N–H and O–H groups in total. The zero-order valence-corrected chi connectivity index (χ0v) is 12.8. The topological polar surface area (TPSA) is 53.0 Å². The van der Waals surface area contributed by atoms with Crippen LogP contribution in [0.25, 0.3) is 0 Å². The molecule has 0 spiro atoms. The summed E-state index contributed by atoms with van der Waals surface area (Å²) < 4.78 is 1.05. The van der Waals surface area contributed by atoms with Gasteiger partial charge in [-0.1, -0.05) is 28.1 Å². The predicted molar refractivity (Wildman–Crippen MR) is 85.5 cm³/mol. The number of rotatable bonds is 4. The molecule has 0 aliphatic rings. The smallest absolute Gasteiger partial charge is 0.0991 e. The summed E-state index contributed by atoms with van der Waals surface area (Å²) in [6.45, 7) is 0.526. The Morgan fingerprint density at radius 3 is 2.25 bits per heavy atom. The van der Waals surface area contributed by atoms with E-state index in [2.05, 4.69) is 39.0 Å². The molecule has 4 heteroatoms. The molecule has 0 bridgehead atoms. The van der Waals surface area contributed by atoms with Gasteiger partial charge in [-0.15, -0.1) is 0 Å². The van der Waals surface area contributed by atoms with Gasteiger partial charge in [-0.05, 0) is 42.0 Å². The molecule has 0 aromatic heterocycles. The second kappa shape index (κ2) is 6.56. The summed E-state index contributed by atoms with van der Waals surface area (Å²) in [6.07, 6.45) is 0. The summed E-state index contributed by atoms with van der Waals surface area (Å²) >= 11 is 3.44. The highest BCUT2D eigenvalue weighted by molar-refractivity contribution is 9.10. The first kappa shape index (κ1) is 14.6. The molecule has 1 atom stereocenters. The normalized spacial score (nSPS) is 11.7. The largest absolute Gasteiger partial charge is 0.366 e. The summed E-state index contributed by atoms with van der Waals surface area (Å²) in [7, 11) is 2.01. The van der Waals surface area contributed by atoms with Gasteiger partial charge in [0, 0.05) is 23.8 Å². The van der Waals surface area contributed by atoms with Gasteiger partial charge in [0.25, 0.3) is 0 Å². The van der Waals surface area contributed by atoms with Crippen LogP contribution in [0.3, 0.4) is 0 Å². The van der Waals surface area contributed by atoms with Gasteiger partial charge in [-0.2, -0.15) is 5.26 Å². The number of nitrogens with two attached hydrogens (primary N) is 1. The van der Waals surface area contributed by atoms with Crippen molar-refractivity contribution in [3.05, 3.63) is 64.1 Å². The average molecular weight is 330 g/mol. The van der Waals surface area contributed by atoms with Crippen molar-refractivity contribution < 1.29 is 0 Å². The first-order valence-corrected chi connectivity index (χ1v) is 7.13. The van der Waals surface area contributed by atoms with E-state index in [1.54, 1.807) is 0 Å². The van der Waals surface area contributed by atoms with E-state index in [4.69, 9.17) is 11.0 Å². The maximum atomic E-state index is 8.84. The lowest BCUT2D eigenvalue weighted by Gasteiger charge is -2.29. The summed E-state index contributed by atoms with van der Waals surface area (Å²) in [4.78, 5) is 2.13. The lowest BCUT2D eigenvalue weighted by Crippen LogP contribution is -2.30. The molecule has 2 aromatic carbocycles. The van der Waals surface area contributed by atoms with E-state index >= 15 is 0 Å². The summed E-state index contributed by atoms with van der Waals surface area (Å²) in [5, 5.41) is 8.84. The van der Waals surface area contributed by atoms with Crippen LogP contribution >= 0.6 is 15.9 Å². The molecule has 1 unspecified atom stereocenters. The minimum absolute atomic E-state index is 0.107. The van der Waals surface area contributed by atoms with Gasteiger partial charge in [-0.25, -0.2) is 0 Å². The van der Waals surface area contributed by atoms with Crippen LogP contribution in [-0.4, -0.2) is 13.6 Å². The number of nitrogens with zero attached hydrogens (tertiary/aromatic N) is 2. The van der Waals surface area contributed by atoms with Crippen LogP contribution in [-0.2, 0) is 0 Å². The molecule has 0 amide bonds. The zero-order chi connectivity index (χ0) is 14.5. The van der Waals surface area contributed by atoms with Crippen LogP contribution in [0.5, 0.6) is 0 Å². The SMILES string of the molecule is CN(c1ccc(C#N)cc1)C(CN)c1ccc(Br)cc1. The minimum Gasteiger partial charge on any atom is -0.366 e. The van der Waals surface area contributed by atoms with Gasteiger partial charge < -0.3 is 10.6 Å². The van der Waals surface area contributed by atoms with E-state index in [9.17, 15) is 0 Å². The quantitative estimate of drug-likeness (QED) is 0.934. The molecule has 2 aromatic rings. The van der Waals surface area contributed by atoms with Gasteiger partial charge in [0.2, 0.25) is 0 Å². The number of halogens is 1. The monoisotopic (exact) mass is 329 g/mol. The van der Waals surface area contributed by atoms with Crippen LogP contribution in [0.4, 0.5) is 5.69 Å². The summed E-state index contributed by atoms with van der Waals surface area (Å²) in [5.74, 6) is 0. The molecule has 0 aliphatic heterocycles. The Kier molecular flexibility index (Phi) is 4.78. The average Bonchev–Trinajstić information content (AvgIpc) is 2.50. The van der Waals surface area contributed by atoms with Crippen molar-refractivity contribution in [1.29, 1.82) is 5.26 Å². The fourth-order valence-electron chi connectivity index (χ4n) is 2.15. The van der Waals surface area contributed by atoms with Gasteiger partial charge >= 0.3 is 0 Å². The van der Waals surface area contributed by atoms with Crippen molar-refractivity contribution in [2.45, 2.75) is 6.04 Å². The zero-order valence-electron chi connectivity index (χ0n) is 11.3. The molecule has 2 rings (SSSR count). The lowest BCUT2D eigenvalue weighted by molar-refractivity contribution is 0.680. The molecular formula is C16H16BrN3. The third-order valence-electron chi connectivity index (χ3n) is 3.35. The first-order valence-electron chi connectivity index (χ1n) is 6.34. The molecule has 0 fully saturated rings. The maximum absolute atomic E-state index is 8.84. The number of benzene rings is 2. The molecule has 0 saturated heterocycles. The van der Waals surface area contributed by atoms with Gasteiger partial charge in [0.15, 0.2) is 0 Å². The number of likely N-dealkylation sites (N-methyl/N-ethyl adjacent to an activating group) is 1. The summed E-state index contributed by atoms with van der Waals surface area (Å²) in [6, 6.07) is 17.9. The van der Waals surface area contributed by atoms with E-state index < -0.39 is 0 Å². The highest BCUT2D eigenvalue weighted by Gasteiger charge is 2.15. The summed E-state index contributed by atoms with van der Waals surface area (Å²) in [5.41, 5.74) is 8.81. The van der Waals surface area contributed by atoms with Crippen LogP contribution in [0.2, 0.25) is 0 Å². The van der Waals surface area contributed by atoms with Crippen LogP contribution < -0.4 is 10.6 Å². The van der Waals surface area contributed by atoms with E-state index in [0.717, 1.165) is 10.2 Å². The maximum Gasteiger partial charge on any atom is 0.0991 e. The molecular weight excluding hydrogens is 314 g/mol. The van der Waals surface area contributed by atoms with Crippen molar-refractivity contribution in [1.82, 2.24) is 0 Å².